The van der Waals surface area contributed by atoms with Gasteiger partial charge in [-0.05, 0) is 61.6 Å². The third kappa shape index (κ3) is 5.68. The molecule has 7 rings (SSSR count). The van der Waals surface area contributed by atoms with Crippen molar-refractivity contribution in [3.05, 3.63) is 40.7 Å². The van der Waals surface area contributed by atoms with Gasteiger partial charge in [-0.3, -0.25) is 4.79 Å². The lowest BCUT2D eigenvalue weighted by atomic mass is 9.87. The number of fused-ring (bicyclic) bond motifs is 2. The number of halogens is 3. The normalized spacial score (nSPS) is 26.4. The minimum absolute atomic E-state index is 0.0564. The second-order valence-electron chi connectivity index (χ2n) is 12.9. The molecule has 1 saturated carbocycles. The number of benzene rings is 1. The monoisotopic (exact) mass is 613 g/mol. The molecule has 230 valence electrons. The molecule has 12 heteroatoms. The number of hydrogen-bond acceptors (Lipinski definition) is 8. The number of rotatable bonds is 6. The van der Waals surface area contributed by atoms with E-state index in [9.17, 15) is 4.79 Å². The molecule has 3 atom stereocenters. The number of likely N-dealkylation sites (tertiary alicyclic amines) is 1. The molecule has 2 aromatic rings. The van der Waals surface area contributed by atoms with Gasteiger partial charge in [-0.2, -0.15) is 4.98 Å². The van der Waals surface area contributed by atoms with Gasteiger partial charge in [-0.15, -0.1) is 0 Å². The van der Waals surface area contributed by atoms with Crippen LogP contribution in [0, 0.1) is 17.8 Å². The maximum Gasteiger partial charge on any atom is 0.301 e. The fourth-order valence-corrected chi connectivity index (χ4v) is 6.99. The van der Waals surface area contributed by atoms with E-state index in [1.807, 2.05) is 35.0 Å². The Balaban J connectivity index is 1.12. The molecule has 4 aliphatic heterocycles. The van der Waals surface area contributed by atoms with Gasteiger partial charge in [-0.25, -0.2) is 13.8 Å². The van der Waals surface area contributed by atoms with Crippen molar-refractivity contribution < 1.29 is 18.3 Å². The number of likely N-dealkylation sites (N-methyl/N-ethyl adjacent to an activating group) is 1. The first-order valence-electron chi connectivity index (χ1n) is 15.3. The van der Waals surface area contributed by atoms with E-state index in [4.69, 9.17) is 21.3 Å². The van der Waals surface area contributed by atoms with Gasteiger partial charge < -0.3 is 30.1 Å². The number of hydrogen-bond donors (Lipinski definition) is 2. The Morgan fingerprint density at radius 3 is 2.81 bits per heavy atom. The van der Waals surface area contributed by atoms with Crippen LogP contribution >= 0.6 is 11.6 Å². The van der Waals surface area contributed by atoms with Crippen LogP contribution in [0.4, 0.5) is 31.9 Å². The number of ether oxygens (including phenoxy) is 1. The number of nitrogens with one attached hydrogen (secondary N) is 2. The van der Waals surface area contributed by atoms with Crippen LogP contribution < -0.4 is 20.4 Å². The SMILES string of the molecule is C[C@H]1C[C@H](CC(=O)N2CCC2)CN(c2ncc(Cl)c(Nc3ccc4c(c3)C3=C(CN4C)OCC(F)(F)[C@H](C4CC4)N3)n2)C1. The van der Waals surface area contributed by atoms with Gasteiger partial charge in [0.25, 0.3) is 0 Å². The fraction of sp³-hybridized carbons (Fsp3) is 0.581. The molecule has 0 unspecified atom stereocenters. The molecular formula is C31H38ClF2N7O2. The average Bonchev–Trinajstić information content (AvgIpc) is 3.77. The van der Waals surface area contributed by atoms with Crippen molar-refractivity contribution >= 4 is 46.3 Å². The highest BCUT2D eigenvalue weighted by atomic mass is 35.5. The van der Waals surface area contributed by atoms with Crippen molar-refractivity contribution in [3.63, 3.8) is 0 Å². The van der Waals surface area contributed by atoms with E-state index >= 15 is 8.78 Å². The lowest BCUT2D eigenvalue weighted by molar-refractivity contribution is -0.135. The molecule has 0 spiro atoms. The maximum absolute atomic E-state index is 15.0. The molecule has 1 aliphatic carbocycles. The summed E-state index contributed by atoms with van der Waals surface area (Å²) in [5.41, 5.74) is 3.07. The molecule has 9 nitrogen and oxygen atoms in total. The van der Waals surface area contributed by atoms with E-state index in [2.05, 4.69) is 27.4 Å². The summed E-state index contributed by atoms with van der Waals surface area (Å²) in [5, 5.41) is 6.92. The third-order valence-corrected chi connectivity index (χ3v) is 9.60. The Hall–Kier alpha value is -3.34. The topological polar surface area (TPSA) is 85.9 Å². The van der Waals surface area contributed by atoms with E-state index in [1.54, 1.807) is 6.20 Å². The number of carbonyl (C=O) groups excluding carboxylic acids is 1. The quantitative estimate of drug-likeness (QED) is 0.465. The predicted octanol–water partition coefficient (Wildman–Crippen LogP) is 5.11. The van der Waals surface area contributed by atoms with Crippen LogP contribution in [0.3, 0.4) is 0 Å². The Bertz CT molecular complexity index is 1450. The summed E-state index contributed by atoms with van der Waals surface area (Å²) in [7, 11) is 1.93. The highest BCUT2D eigenvalue weighted by Gasteiger charge is 2.51. The van der Waals surface area contributed by atoms with Gasteiger partial charge >= 0.3 is 5.92 Å². The summed E-state index contributed by atoms with van der Waals surface area (Å²) in [6, 6.07) is 4.89. The average molecular weight is 614 g/mol. The molecule has 0 radical (unpaired) electrons. The standard InChI is InChI=1S/C31H38ClF2N7O2/c1-18-10-19(11-26(42)40-8-3-9-40)15-41(14-18)30-35-13-23(32)29(38-30)36-21-6-7-24-22(12-21)27-25(16-39(24)2)43-17-31(33,34)28(37-27)20-4-5-20/h6-7,12-13,18-20,28,37H,3-5,8-11,14-17H2,1-2H3,(H,35,36,38)/t18-,19+,28-/m0/s1. The lowest BCUT2D eigenvalue weighted by Gasteiger charge is -2.38. The summed E-state index contributed by atoms with van der Waals surface area (Å²) in [5.74, 6) is -0.571. The summed E-state index contributed by atoms with van der Waals surface area (Å²) in [6.45, 7) is 5.24. The van der Waals surface area contributed by atoms with Gasteiger partial charge in [-0.1, -0.05) is 18.5 Å². The first kappa shape index (κ1) is 28.4. The van der Waals surface area contributed by atoms with Crippen molar-refractivity contribution in [3.8, 4) is 0 Å². The zero-order valence-corrected chi connectivity index (χ0v) is 25.3. The van der Waals surface area contributed by atoms with Gasteiger partial charge in [0.05, 0.1) is 24.5 Å². The van der Waals surface area contributed by atoms with Crippen molar-refractivity contribution in [1.29, 1.82) is 0 Å². The molecule has 2 N–H and O–H groups in total. The van der Waals surface area contributed by atoms with Gasteiger partial charge in [0, 0.05) is 56.6 Å². The van der Waals surface area contributed by atoms with Crippen molar-refractivity contribution in [2.45, 2.75) is 51.0 Å². The van der Waals surface area contributed by atoms with Gasteiger partial charge in [0.15, 0.2) is 12.4 Å². The summed E-state index contributed by atoms with van der Waals surface area (Å²) in [4.78, 5) is 28.1. The predicted molar refractivity (Wildman–Crippen MR) is 163 cm³/mol. The zero-order chi connectivity index (χ0) is 29.9. The Morgan fingerprint density at radius 1 is 1.26 bits per heavy atom. The van der Waals surface area contributed by atoms with Crippen LogP contribution in [-0.4, -0.2) is 79.1 Å². The highest BCUT2D eigenvalue weighted by Crippen LogP contribution is 2.45. The Morgan fingerprint density at radius 2 is 2.07 bits per heavy atom. The molecule has 5 aliphatic rings. The fourth-order valence-electron chi connectivity index (χ4n) is 6.85. The molecule has 1 aromatic heterocycles. The largest absolute Gasteiger partial charge is 0.487 e. The van der Waals surface area contributed by atoms with Crippen LogP contribution in [0.5, 0.6) is 0 Å². The van der Waals surface area contributed by atoms with Crippen molar-refractivity contribution in [1.82, 2.24) is 20.2 Å². The number of carbonyl (C=O) groups is 1. The number of amides is 1. The molecule has 5 heterocycles. The second-order valence-corrected chi connectivity index (χ2v) is 13.3. The minimum atomic E-state index is -2.95. The smallest absolute Gasteiger partial charge is 0.301 e. The molecule has 1 aromatic carbocycles. The molecule has 2 saturated heterocycles. The summed E-state index contributed by atoms with van der Waals surface area (Å²) < 4.78 is 35.7. The number of anilines is 4. The highest BCUT2D eigenvalue weighted by molar-refractivity contribution is 6.32. The second kappa shape index (κ2) is 11.0. The first-order valence-corrected chi connectivity index (χ1v) is 15.7. The van der Waals surface area contributed by atoms with Crippen molar-refractivity contribution in [2.75, 3.05) is 61.5 Å². The van der Waals surface area contributed by atoms with Crippen LogP contribution in [0.1, 0.15) is 44.6 Å². The van der Waals surface area contributed by atoms with E-state index in [1.165, 1.54) is 0 Å². The lowest BCUT2D eigenvalue weighted by Crippen LogP contribution is -2.47. The first-order chi connectivity index (χ1) is 20.6. The minimum Gasteiger partial charge on any atom is -0.487 e. The molecule has 0 bridgehead atoms. The van der Waals surface area contributed by atoms with E-state index in [-0.39, 0.29) is 17.7 Å². The number of nitrogens with zero attached hydrogens (tertiary/aromatic N) is 5. The van der Waals surface area contributed by atoms with Crippen LogP contribution in [0.25, 0.3) is 5.70 Å². The van der Waals surface area contributed by atoms with Gasteiger partial charge in [0.1, 0.15) is 10.8 Å². The van der Waals surface area contributed by atoms with E-state index in [0.29, 0.717) is 53.7 Å². The number of aromatic nitrogens is 2. The van der Waals surface area contributed by atoms with E-state index < -0.39 is 18.6 Å². The van der Waals surface area contributed by atoms with Crippen LogP contribution in [0.2, 0.25) is 5.02 Å². The molecule has 1 amide bonds. The summed E-state index contributed by atoms with van der Waals surface area (Å²) in [6.07, 6.45) is 5.83. The maximum atomic E-state index is 15.0. The van der Waals surface area contributed by atoms with Crippen LogP contribution in [-0.2, 0) is 9.53 Å². The zero-order valence-electron chi connectivity index (χ0n) is 24.6. The summed E-state index contributed by atoms with van der Waals surface area (Å²) >= 11 is 6.57. The Labute approximate surface area is 255 Å². The third-order valence-electron chi connectivity index (χ3n) is 9.32. The van der Waals surface area contributed by atoms with Crippen molar-refractivity contribution in [2.24, 2.45) is 17.8 Å². The van der Waals surface area contributed by atoms with Crippen LogP contribution in [0.15, 0.2) is 30.2 Å². The van der Waals surface area contributed by atoms with Gasteiger partial charge in [0.2, 0.25) is 11.9 Å². The molecule has 3 fully saturated rings. The molecule has 43 heavy (non-hydrogen) atoms. The van der Waals surface area contributed by atoms with E-state index in [0.717, 1.165) is 62.3 Å². The number of piperidine rings is 1. The molecular weight excluding hydrogens is 576 g/mol. The number of alkyl halides is 2. The Kier molecular flexibility index (Phi) is 7.26.